The van der Waals surface area contributed by atoms with Crippen LogP contribution in [0, 0.1) is 5.82 Å². The van der Waals surface area contributed by atoms with E-state index in [0.29, 0.717) is 40.1 Å². The minimum absolute atomic E-state index is 0.0525. The van der Waals surface area contributed by atoms with Crippen molar-refractivity contribution in [2.24, 2.45) is 0 Å². The average Bonchev–Trinajstić information content (AvgIpc) is 2.82. The molecule has 0 aliphatic carbocycles. The molecule has 1 atom stereocenters. The molecule has 8 heteroatoms. The van der Waals surface area contributed by atoms with Crippen molar-refractivity contribution in [1.82, 2.24) is 4.90 Å². The maximum absolute atomic E-state index is 13.8. The van der Waals surface area contributed by atoms with E-state index in [1.54, 1.807) is 30.3 Å². The Bertz CT molecular complexity index is 1220. The Balaban J connectivity index is 1.38. The molecule has 176 valence electrons. The lowest BCUT2D eigenvalue weighted by Crippen LogP contribution is -2.53. The normalized spacial score (nSPS) is 15.9. The number of hydrogen-bond acceptors (Lipinski definition) is 4. The molecule has 0 N–H and O–H groups in total. The van der Waals surface area contributed by atoms with Crippen molar-refractivity contribution in [2.45, 2.75) is 17.9 Å². The minimum Gasteiger partial charge on any atom is -0.365 e. The Morgan fingerprint density at radius 3 is 2.53 bits per heavy atom. The van der Waals surface area contributed by atoms with Gasteiger partial charge in [-0.25, -0.2) is 4.39 Å². The standard InChI is InChI=1S/C26H23Cl2FN2O2S/c1-17-15-30(11-12-31(17)20-6-4-5-19(27)14-20)26(33)18-9-10-25(22(28)13-18)34-16-24(32)21-7-2-3-8-23(21)29/h2-10,13-14,17H,11-12,15-16H2,1H3/t17-/m0/s1. The van der Waals surface area contributed by atoms with Crippen molar-refractivity contribution >= 4 is 52.3 Å². The molecule has 1 heterocycles. The van der Waals surface area contributed by atoms with Crippen LogP contribution in [0.2, 0.25) is 10.0 Å². The third-order valence-electron chi connectivity index (χ3n) is 5.77. The number of carbonyl (C=O) groups is 2. The van der Waals surface area contributed by atoms with Crippen LogP contribution in [0.3, 0.4) is 0 Å². The molecular weight excluding hydrogens is 494 g/mol. The van der Waals surface area contributed by atoms with Gasteiger partial charge in [-0.3, -0.25) is 9.59 Å². The van der Waals surface area contributed by atoms with Gasteiger partial charge in [-0.15, -0.1) is 11.8 Å². The van der Waals surface area contributed by atoms with E-state index in [9.17, 15) is 14.0 Å². The van der Waals surface area contributed by atoms with Gasteiger partial charge in [0.15, 0.2) is 5.78 Å². The first-order valence-electron chi connectivity index (χ1n) is 10.8. The highest BCUT2D eigenvalue weighted by Crippen LogP contribution is 2.30. The summed E-state index contributed by atoms with van der Waals surface area (Å²) in [6.07, 6.45) is 0. The lowest BCUT2D eigenvalue weighted by atomic mass is 10.1. The number of thioether (sulfide) groups is 1. The van der Waals surface area contributed by atoms with Crippen LogP contribution in [0.25, 0.3) is 0 Å². The molecular formula is C26H23Cl2FN2O2S. The summed E-state index contributed by atoms with van der Waals surface area (Å²) in [5.41, 5.74) is 1.60. The SMILES string of the molecule is C[C@H]1CN(C(=O)c2ccc(SCC(=O)c3ccccc3F)c(Cl)c2)CCN1c1cccc(Cl)c1. The van der Waals surface area contributed by atoms with E-state index in [4.69, 9.17) is 23.2 Å². The second-order valence-corrected chi connectivity index (χ2v) is 9.97. The number of benzene rings is 3. The molecule has 1 saturated heterocycles. The number of anilines is 1. The van der Waals surface area contributed by atoms with Crippen LogP contribution in [-0.2, 0) is 0 Å². The summed E-state index contributed by atoms with van der Waals surface area (Å²) in [4.78, 5) is 30.2. The van der Waals surface area contributed by atoms with Gasteiger partial charge >= 0.3 is 0 Å². The quantitative estimate of drug-likeness (QED) is 0.278. The summed E-state index contributed by atoms with van der Waals surface area (Å²) in [6.45, 7) is 3.95. The zero-order chi connectivity index (χ0) is 24.2. The first-order valence-corrected chi connectivity index (χ1v) is 12.6. The summed E-state index contributed by atoms with van der Waals surface area (Å²) in [7, 11) is 0. The van der Waals surface area contributed by atoms with Crippen molar-refractivity contribution in [3.63, 3.8) is 0 Å². The predicted molar refractivity (Wildman–Crippen MR) is 137 cm³/mol. The Hall–Kier alpha value is -2.54. The molecule has 1 aliphatic heterocycles. The molecule has 34 heavy (non-hydrogen) atoms. The first-order chi connectivity index (χ1) is 16.3. The number of carbonyl (C=O) groups excluding carboxylic acids is 2. The van der Waals surface area contributed by atoms with Gasteiger partial charge in [0.1, 0.15) is 5.82 Å². The number of amides is 1. The molecule has 0 aromatic heterocycles. The highest BCUT2D eigenvalue weighted by atomic mass is 35.5. The number of halogens is 3. The van der Waals surface area contributed by atoms with Crippen LogP contribution in [0.1, 0.15) is 27.6 Å². The number of rotatable bonds is 6. The Labute approximate surface area is 212 Å². The molecule has 4 rings (SSSR count). The van der Waals surface area contributed by atoms with Gasteiger partial charge in [0.2, 0.25) is 0 Å². The second kappa shape index (κ2) is 10.8. The zero-order valence-electron chi connectivity index (χ0n) is 18.5. The monoisotopic (exact) mass is 516 g/mol. The summed E-state index contributed by atoms with van der Waals surface area (Å²) in [6, 6.07) is 18.8. The largest absolute Gasteiger partial charge is 0.365 e. The highest BCUT2D eigenvalue weighted by Gasteiger charge is 2.28. The molecule has 0 unspecified atom stereocenters. The van der Waals surface area contributed by atoms with E-state index in [1.807, 2.05) is 29.2 Å². The van der Waals surface area contributed by atoms with E-state index in [2.05, 4.69) is 11.8 Å². The van der Waals surface area contributed by atoms with Crippen LogP contribution >= 0.6 is 35.0 Å². The fraction of sp³-hybridized carbons (Fsp3) is 0.231. The van der Waals surface area contributed by atoms with Crippen LogP contribution < -0.4 is 4.90 Å². The number of piperazine rings is 1. The van der Waals surface area contributed by atoms with Gasteiger partial charge in [-0.05, 0) is 55.5 Å². The van der Waals surface area contributed by atoms with Gasteiger partial charge in [0.25, 0.3) is 5.91 Å². The number of ketones is 1. The van der Waals surface area contributed by atoms with Crippen LogP contribution in [0.15, 0.2) is 71.6 Å². The Kier molecular flexibility index (Phi) is 7.81. The van der Waals surface area contributed by atoms with Gasteiger partial charge < -0.3 is 9.80 Å². The lowest BCUT2D eigenvalue weighted by Gasteiger charge is -2.41. The molecule has 3 aromatic carbocycles. The van der Waals surface area contributed by atoms with Crippen molar-refractivity contribution in [3.8, 4) is 0 Å². The van der Waals surface area contributed by atoms with Crippen molar-refractivity contribution in [3.05, 3.63) is 93.7 Å². The van der Waals surface area contributed by atoms with Crippen molar-refractivity contribution in [1.29, 1.82) is 0 Å². The molecule has 1 fully saturated rings. The summed E-state index contributed by atoms with van der Waals surface area (Å²) in [5, 5.41) is 1.08. The molecule has 4 nitrogen and oxygen atoms in total. The molecule has 0 saturated carbocycles. The Morgan fingerprint density at radius 2 is 1.82 bits per heavy atom. The maximum Gasteiger partial charge on any atom is 0.254 e. The highest BCUT2D eigenvalue weighted by molar-refractivity contribution is 8.00. The second-order valence-electron chi connectivity index (χ2n) is 8.11. The minimum atomic E-state index is -0.537. The van der Waals surface area contributed by atoms with Crippen LogP contribution in [0.5, 0.6) is 0 Å². The third kappa shape index (κ3) is 5.57. The third-order valence-corrected chi connectivity index (χ3v) is 7.50. The Morgan fingerprint density at radius 1 is 1.03 bits per heavy atom. The first kappa shape index (κ1) is 24.6. The fourth-order valence-corrected chi connectivity index (χ4v) is 5.35. The number of hydrogen-bond donors (Lipinski definition) is 0. The van der Waals surface area contributed by atoms with Crippen molar-refractivity contribution < 1.29 is 14.0 Å². The van der Waals surface area contributed by atoms with E-state index >= 15 is 0 Å². The molecule has 1 amide bonds. The smallest absolute Gasteiger partial charge is 0.254 e. The van der Waals surface area contributed by atoms with Gasteiger partial charge in [0, 0.05) is 46.8 Å². The maximum atomic E-state index is 13.8. The topological polar surface area (TPSA) is 40.6 Å². The zero-order valence-corrected chi connectivity index (χ0v) is 20.8. The average molecular weight is 517 g/mol. The van der Waals surface area contributed by atoms with E-state index in [1.165, 1.54) is 23.9 Å². The lowest BCUT2D eigenvalue weighted by molar-refractivity contribution is 0.0726. The molecule has 0 bridgehead atoms. The van der Waals surface area contributed by atoms with Crippen LogP contribution in [0.4, 0.5) is 10.1 Å². The van der Waals surface area contributed by atoms with Gasteiger partial charge in [-0.2, -0.15) is 0 Å². The summed E-state index contributed by atoms with van der Waals surface area (Å²) < 4.78 is 13.8. The molecule has 3 aromatic rings. The van der Waals surface area contributed by atoms with E-state index in [0.717, 1.165) is 5.69 Å². The van der Waals surface area contributed by atoms with Gasteiger partial charge in [-0.1, -0.05) is 41.4 Å². The molecule has 0 spiro atoms. The molecule has 1 aliphatic rings. The van der Waals surface area contributed by atoms with Crippen LogP contribution in [-0.4, -0.2) is 48.0 Å². The predicted octanol–water partition coefficient (Wildman–Crippen LogP) is 6.46. The summed E-state index contributed by atoms with van der Waals surface area (Å²) >= 11 is 13.8. The van der Waals surface area contributed by atoms with E-state index < -0.39 is 5.82 Å². The van der Waals surface area contributed by atoms with E-state index in [-0.39, 0.29) is 29.0 Å². The van der Waals surface area contributed by atoms with Crippen molar-refractivity contribution in [2.75, 3.05) is 30.3 Å². The summed E-state index contributed by atoms with van der Waals surface area (Å²) in [5.74, 6) is -0.883. The number of nitrogens with zero attached hydrogens (tertiary/aromatic N) is 2. The fourth-order valence-electron chi connectivity index (χ4n) is 4.02. The van der Waals surface area contributed by atoms with Gasteiger partial charge in [0.05, 0.1) is 16.3 Å². The number of Topliss-reactive ketones (excluding diaryl/α,β-unsaturated/α-hetero) is 1. The molecule has 0 radical (unpaired) electrons.